The zero-order valence-corrected chi connectivity index (χ0v) is 13.2. The van der Waals surface area contributed by atoms with E-state index in [1.165, 1.54) is 11.3 Å². The third-order valence-electron chi connectivity index (χ3n) is 4.72. The fourth-order valence-electron chi connectivity index (χ4n) is 3.33. The number of nitrogens with zero attached hydrogens (tertiary/aromatic N) is 1. The molecule has 1 N–H and O–H groups in total. The first kappa shape index (κ1) is 14.4. The van der Waals surface area contributed by atoms with Crippen molar-refractivity contribution in [1.82, 2.24) is 10.2 Å². The highest BCUT2D eigenvalue weighted by atomic mass is 35.5. The van der Waals surface area contributed by atoms with Crippen LogP contribution in [0, 0.1) is 5.41 Å². The maximum absolute atomic E-state index is 12.3. The molecular weight excluding hydrogens is 292 g/mol. The van der Waals surface area contributed by atoms with E-state index < -0.39 is 0 Å². The lowest BCUT2D eigenvalue weighted by molar-refractivity contribution is -0.133. The predicted molar refractivity (Wildman–Crippen MR) is 83.4 cm³/mol. The highest BCUT2D eigenvalue weighted by Crippen LogP contribution is 2.37. The summed E-state index contributed by atoms with van der Waals surface area (Å²) in [6, 6.07) is 3.93. The van der Waals surface area contributed by atoms with E-state index in [1.54, 1.807) is 11.3 Å². The van der Waals surface area contributed by atoms with Crippen LogP contribution in [0.5, 0.6) is 0 Å². The lowest BCUT2D eigenvalue weighted by Crippen LogP contribution is -2.44. The number of piperidine rings is 1. The SMILES string of the molecule is O=C(CCc1ccc(Cl)s1)N1CCC2(CCNC2)CC1. The van der Waals surface area contributed by atoms with Crippen molar-refractivity contribution in [2.24, 2.45) is 5.41 Å². The first-order valence-corrected chi connectivity index (χ1v) is 8.59. The molecule has 3 heterocycles. The number of hydrogen-bond acceptors (Lipinski definition) is 3. The van der Waals surface area contributed by atoms with Crippen molar-refractivity contribution < 1.29 is 4.79 Å². The molecule has 1 spiro atoms. The molecule has 1 amide bonds. The van der Waals surface area contributed by atoms with Gasteiger partial charge in [0.15, 0.2) is 0 Å². The van der Waals surface area contributed by atoms with Crippen LogP contribution in [0.25, 0.3) is 0 Å². The Hall–Kier alpha value is -0.580. The zero-order valence-electron chi connectivity index (χ0n) is 11.7. The second-order valence-corrected chi connectivity index (χ2v) is 7.81. The van der Waals surface area contributed by atoms with Gasteiger partial charge in [0.25, 0.3) is 0 Å². The monoisotopic (exact) mass is 312 g/mol. The van der Waals surface area contributed by atoms with Gasteiger partial charge in [-0.2, -0.15) is 0 Å². The first-order valence-electron chi connectivity index (χ1n) is 7.40. The molecule has 0 saturated carbocycles. The summed E-state index contributed by atoms with van der Waals surface area (Å²) in [7, 11) is 0. The van der Waals surface area contributed by atoms with Crippen molar-refractivity contribution >= 4 is 28.8 Å². The Kier molecular flexibility index (Phi) is 4.34. The molecule has 0 atom stereocenters. The minimum absolute atomic E-state index is 0.301. The van der Waals surface area contributed by atoms with Crippen LogP contribution in [0.1, 0.15) is 30.6 Å². The molecule has 3 nitrogen and oxygen atoms in total. The van der Waals surface area contributed by atoms with Crippen LogP contribution in [0.15, 0.2) is 12.1 Å². The van der Waals surface area contributed by atoms with Gasteiger partial charge >= 0.3 is 0 Å². The van der Waals surface area contributed by atoms with E-state index in [0.717, 1.165) is 49.8 Å². The van der Waals surface area contributed by atoms with Gasteiger partial charge in [0.2, 0.25) is 5.91 Å². The summed E-state index contributed by atoms with van der Waals surface area (Å²) in [6.45, 7) is 4.16. The van der Waals surface area contributed by atoms with Crippen LogP contribution in [-0.4, -0.2) is 37.0 Å². The molecule has 0 unspecified atom stereocenters. The quantitative estimate of drug-likeness (QED) is 0.930. The number of carbonyl (C=O) groups excluding carboxylic acids is 1. The Labute approximate surface area is 129 Å². The Morgan fingerprint density at radius 2 is 2.15 bits per heavy atom. The minimum atomic E-state index is 0.301. The van der Waals surface area contributed by atoms with E-state index in [9.17, 15) is 4.79 Å². The normalized spacial score (nSPS) is 21.6. The van der Waals surface area contributed by atoms with E-state index in [4.69, 9.17) is 11.6 Å². The Bertz CT molecular complexity index is 472. The number of aryl methyl sites for hydroxylation is 1. The van der Waals surface area contributed by atoms with Crippen molar-refractivity contribution in [2.45, 2.75) is 32.1 Å². The van der Waals surface area contributed by atoms with E-state index in [0.29, 0.717) is 17.7 Å². The van der Waals surface area contributed by atoms with Crippen LogP contribution in [-0.2, 0) is 11.2 Å². The summed E-state index contributed by atoms with van der Waals surface area (Å²) in [4.78, 5) is 15.5. The summed E-state index contributed by atoms with van der Waals surface area (Å²) >= 11 is 7.49. The summed E-state index contributed by atoms with van der Waals surface area (Å²) < 4.78 is 0.807. The minimum Gasteiger partial charge on any atom is -0.343 e. The molecule has 2 saturated heterocycles. The molecule has 3 rings (SSSR count). The molecule has 0 aromatic carbocycles. The molecule has 0 radical (unpaired) electrons. The van der Waals surface area contributed by atoms with Crippen LogP contribution in [0.2, 0.25) is 4.34 Å². The number of carbonyl (C=O) groups is 1. The van der Waals surface area contributed by atoms with Crippen molar-refractivity contribution in [2.75, 3.05) is 26.2 Å². The summed E-state index contributed by atoms with van der Waals surface area (Å²) in [6.07, 6.45) is 5.04. The number of likely N-dealkylation sites (tertiary alicyclic amines) is 1. The Morgan fingerprint density at radius 1 is 1.35 bits per heavy atom. The summed E-state index contributed by atoms with van der Waals surface area (Å²) in [5, 5.41) is 3.46. The largest absolute Gasteiger partial charge is 0.343 e. The van der Waals surface area contributed by atoms with Gasteiger partial charge in [-0.3, -0.25) is 4.79 Å². The fourth-order valence-corrected chi connectivity index (χ4v) is 4.41. The van der Waals surface area contributed by atoms with Gasteiger partial charge in [-0.05, 0) is 49.8 Å². The zero-order chi connectivity index (χ0) is 14.0. The van der Waals surface area contributed by atoms with Crippen molar-refractivity contribution in [3.05, 3.63) is 21.3 Å². The molecule has 110 valence electrons. The van der Waals surface area contributed by atoms with E-state index in [2.05, 4.69) is 10.2 Å². The standard InChI is InChI=1S/C15H21ClN2OS/c16-13-3-1-12(20-13)2-4-14(19)18-9-6-15(7-10-18)5-8-17-11-15/h1,3,17H,2,4-11H2. The van der Waals surface area contributed by atoms with Gasteiger partial charge in [0.05, 0.1) is 4.34 Å². The van der Waals surface area contributed by atoms with Crippen LogP contribution in [0.3, 0.4) is 0 Å². The Morgan fingerprint density at radius 3 is 2.75 bits per heavy atom. The van der Waals surface area contributed by atoms with Gasteiger partial charge in [0.1, 0.15) is 0 Å². The van der Waals surface area contributed by atoms with Crippen molar-refractivity contribution in [1.29, 1.82) is 0 Å². The Balaban J connectivity index is 1.46. The van der Waals surface area contributed by atoms with E-state index in [-0.39, 0.29) is 0 Å². The van der Waals surface area contributed by atoms with Gasteiger partial charge < -0.3 is 10.2 Å². The summed E-state index contributed by atoms with van der Waals surface area (Å²) in [5.41, 5.74) is 0.484. The van der Waals surface area contributed by atoms with Crippen LogP contribution < -0.4 is 5.32 Å². The predicted octanol–water partition coefficient (Wildman–Crippen LogP) is 2.94. The van der Waals surface area contributed by atoms with Gasteiger partial charge in [0, 0.05) is 30.9 Å². The second-order valence-electron chi connectivity index (χ2n) is 6.01. The third-order valence-corrected chi connectivity index (χ3v) is 6.01. The molecule has 0 bridgehead atoms. The highest BCUT2D eigenvalue weighted by Gasteiger charge is 2.37. The summed E-state index contributed by atoms with van der Waals surface area (Å²) in [5.74, 6) is 0.301. The number of rotatable bonds is 3. The molecule has 5 heteroatoms. The lowest BCUT2D eigenvalue weighted by atomic mass is 9.78. The maximum atomic E-state index is 12.3. The number of amides is 1. The van der Waals surface area contributed by atoms with E-state index >= 15 is 0 Å². The fraction of sp³-hybridized carbons (Fsp3) is 0.667. The number of thiophene rings is 1. The lowest BCUT2D eigenvalue weighted by Gasteiger charge is -2.39. The molecule has 2 aliphatic heterocycles. The molecule has 2 fully saturated rings. The van der Waals surface area contributed by atoms with Crippen LogP contribution >= 0.6 is 22.9 Å². The molecule has 2 aliphatic rings. The highest BCUT2D eigenvalue weighted by molar-refractivity contribution is 7.16. The average molecular weight is 313 g/mol. The number of halogens is 1. The van der Waals surface area contributed by atoms with E-state index in [1.807, 2.05) is 12.1 Å². The average Bonchev–Trinajstić information content (AvgIpc) is 3.07. The number of hydrogen-bond donors (Lipinski definition) is 1. The van der Waals surface area contributed by atoms with Gasteiger partial charge in [-0.25, -0.2) is 0 Å². The smallest absolute Gasteiger partial charge is 0.222 e. The van der Waals surface area contributed by atoms with Crippen LogP contribution in [0.4, 0.5) is 0 Å². The van der Waals surface area contributed by atoms with Gasteiger partial charge in [-0.1, -0.05) is 11.6 Å². The molecule has 0 aliphatic carbocycles. The topological polar surface area (TPSA) is 32.3 Å². The third kappa shape index (κ3) is 3.18. The molecular formula is C15H21ClN2OS. The van der Waals surface area contributed by atoms with Gasteiger partial charge in [-0.15, -0.1) is 11.3 Å². The molecule has 1 aromatic rings. The van der Waals surface area contributed by atoms with Crippen molar-refractivity contribution in [3.63, 3.8) is 0 Å². The second kappa shape index (κ2) is 6.04. The molecule has 1 aromatic heterocycles. The first-order chi connectivity index (χ1) is 9.67. The van der Waals surface area contributed by atoms with Crippen molar-refractivity contribution in [3.8, 4) is 0 Å². The molecule has 20 heavy (non-hydrogen) atoms. The number of nitrogens with one attached hydrogen (secondary N) is 1. The maximum Gasteiger partial charge on any atom is 0.222 e.